The molecule has 8 nitrogen and oxygen atoms in total. The fraction of sp³-hybridized carbons (Fsp3) is 0.167. The molecule has 0 aliphatic heterocycles. The first kappa shape index (κ1) is 26.5. The molecule has 12 heteroatoms. The normalized spacial score (nSPS) is 11.8. The Morgan fingerprint density at radius 1 is 1.00 bits per heavy atom. The van der Waals surface area contributed by atoms with Crippen LogP contribution in [-0.2, 0) is 27.5 Å². The van der Waals surface area contributed by atoms with Gasteiger partial charge in [0.2, 0.25) is 5.91 Å². The minimum Gasteiger partial charge on any atom is -0.497 e. The van der Waals surface area contributed by atoms with E-state index in [1.165, 1.54) is 32.4 Å². The molecular formula is C24H21F3N2O6S. The molecule has 0 aliphatic carbocycles. The zero-order chi connectivity index (χ0) is 26.3. The zero-order valence-corrected chi connectivity index (χ0v) is 19.9. The van der Waals surface area contributed by atoms with Gasteiger partial charge in [-0.2, -0.15) is 26.7 Å². The Kier molecular flexibility index (Phi) is 8.20. The number of alkyl halides is 3. The summed E-state index contributed by atoms with van der Waals surface area (Å²) in [5.74, 6) is -0.0821. The number of nitrogens with one attached hydrogen (secondary N) is 1. The summed E-state index contributed by atoms with van der Waals surface area (Å²) in [6.45, 7) is 0. The molecule has 1 amide bonds. The highest BCUT2D eigenvalue weighted by Crippen LogP contribution is 2.34. The highest BCUT2D eigenvalue weighted by atomic mass is 32.2. The van der Waals surface area contributed by atoms with Crippen molar-refractivity contribution in [3.63, 3.8) is 0 Å². The molecule has 3 aromatic rings. The van der Waals surface area contributed by atoms with Gasteiger partial charge in [0.25, 0.3) is 0 Å². The molecule has 0 bridgehead atoms. The summed E-state index contributed by atoms with van der Waals surface area (Å²) in [6.07, 6.45) is -3.45. The number of hydrazone groups is 1. The van der Waals surface area contributed by atoms with E-state index in [1.54, 1.807) is 24.3 Å². The Balaban J connectivity index is 1.78. The number of para-hydroxylation sites is 1. The van der Waals surface area contributed by atoms with Gasteiger partial charge in [-0.15, -0.1) is 0 Å². The molecule has 0 aliphatic rings. The maximum atomic E-state index is 12.8. The number of amides is 1. The minimum absolute atomic E-state index is 0.0122. The molecule has 0 saturated heterocycles. The molecular weight excluding hydrogens is 501 g/mol. The van der Waals surface area contributed by atoms with Crippen LogP contribution < -0.4 is 19.1 Å². The van der Waals surface area contributed by atoms with Crippen LogP contribution in [0.5, 0.6) is 17.2 Å². The van der Waals surface area contributed by atoms with Crippen molar-refractivity contribution in [2.24, 2.45) is 5.10 Å². The average molecular weight is 523 g/mol. The van der Waals surface area contributed by atoms with Crippen molar-refractivity contribution in [3.05, 3.63) is 83.4 Å². The number of methoxy groups -OCH3 is 2. The molecule has 3 aromatic carbocycles. The zero-order valence-electron chi connectivity index (χ0n) is 19.1. The first-order chi connectivity index (χ1) is 17.0. The van der Waals surface area contributed by atoms with E-state index in [1.807, 2.05) is 0 Å². The number of hydrogen-bond acceptors (Lipinski definition) is 7. The van der Waals surface area contributed by atoms with E-state index >= 15 is 0 Å². The highest BCUT2D eigenvalue weighted by Gasteiger charge is 2.31. The third kappa shape index (κ3) is 6.75. The van der Waals surface area contributed by atoms with Gasteiger partial charge in [0, 0.05) is 5.56 Å². The molecule has 0 spiro atoms. The van der Waals surface area contributed by atoms with Crippen molar-refractivity contribution < 1.29 is 40.0 Å². The minimum atomic E-state index is -4.62. The first-order valence-electron chi connectivity index (χ1n) is 10.3. The van der Waals surface area contributed by atoms with E-state index in [2.05, 4.69) is 10.5 Å². The maximum absolute atomic E-state index is 12.8. The van der Waals surface area contributed by atoms with E-state index in [4.69, 9.17) is 13.7 Å². The van der Waals surface area contributed by atoms with Crippen LogP contribution in [0.15, 0.2) is 76.7 Å². The summed E-state index contributed by atoms with van der Waals surface area (Å²) >= 11 is 0. The summed E-state index contributed by atoms with van der Waals surface area (Å²) in [4.78, 5) is 11.7. The number of halogens is 3. The number of benzene rings is 3. The second-order valence-electron chi connectivity index (χ2n) is 7.26. The molecule has 0 atom stereocenters. The lowest BCUT2D eigenvalue weighted by atomic mass is 10.1. The van der Waals surface area contributed by atoms with Gasteiger partial charge in [-0.25, -0.2) is 5.43 Å². The van der Waals surface area contributed by atoms with E-state index < -0.39 is 32.7 Å². The van der Waals surface area contributed by atoms with E-state index in [0.29, 0.717) is 23.4 Å². The van der Waals surface area contributed by atoms with Crippen LogP contribution in [0.25, 0.3) is 0 Å². The predicted octanol–water partition coefficient (Wildman–Crippen LogP) is 4.18. The lowest BCUT2D eigenvalue weighted by Crippen LogP contribution is -2.20. The standard InChI is InChI=1S/C24H21F3N2O6S/c1-33-19-7-3-5-16(13-19)14-22(30)29-28-15-17-6-4-8-21(34-2)23(17)35-36(31,32)20-11-9-18(10-12-20)24(25,26)27/h3-13,15H,14H2,1-2H3,(H,29,30). The van der Waals surface area contributed by atoms with Crippen molar-refractivity contribution in [1.82, 2.24) is 5.43 Å². The van der Waals surface area contributed by atoms with Crippen LogP contribution in [0.1, 0.15) is 16.7 Å². The van der Waals surface area contributed by atoms with Crippen LogP contribution in [0.3, 0.4) is 0 Å². The summed E-state index contributed by atoms with van der Waals surface area (Å²) in [7, 11) is -1.74. The van der Waals surface area contributed by atoms with Crippen molar-refractivity contribution >= 4 is 22.2 Å². The first-order valence-corrected chi connectivity index (χ1v) is 11.7. The summed E-state index contributed by atoms with van der Waals surface area (Å²) in [5, 5.41) is 3.85. The quantitative estimate of drug-likeness (QED) is 0.257. The molecule has 0 aromatic heterocycles. The van der Waals surface area contributed by atoms with Crippen LogP contribution in [0.2, 0.25) is 0 Å². The van der Waals surface area contributed by atoms with Crippen molar-refractivity contribution in [2.75, 3.05) is 14.2 Å². The van der Waals surface area contributed by atoms with Gasteiger partial charge < -0.3 is 13.7 Å². The maximum Gasteiger partial charge on any atom is 0.416 e. The molecule has 0 heterocycles. The van der Waals surface area contributed by atoms with Gasteiger partial charge in [0.15, 0.2) is 11.5 Å². The smallest absolute Gasteiger partial charge is 0.416 e. The van der Waals surface area contributed by atoms with Gasteiger partial charge in [-0.3, -0.25) is 4.79 Å². The van der Waals surface area contributed by atoms with Crippen LogP contribution in [0.4, 0.5) is 13.2 Å². The Hall–Kier alpha value is -4.06. The predicted molar refractivity (Wildman–Crippen MR) is 125 cm³/mol. The third-order valence-corrected chi connectivity index (χ3v) is 6.02. The molecule has 0 fully saturated rings. The van der Waals surface area contributed by atoms with Crippen molar-refractivity contribution in [3.8, 4) is 17.2 Å². The molecule has 1 N–H and O–H groups in total. The number of carbonyl (C=O) groups is 1. The SMILES string of the molecule is COc1cccc(CC(=O)NN=Cc2cccc(OC)c2OS(=O)(=O)c2ccc(C(F)(F)F)cc2)c1. The number of carbonyl (C=O) groups excluding carboxylic acids is 1. The molecule has 0 radical (unpaired) electrons. The topological polar surface area (TPSA) is 103 Å². The number of rotatable bonds is 9. The second kappa shape index (κ2) is 11.1. The molecule has 36 heavy (non-hydrogen) atoms. The lowest BCUT2D eigenvalue weighted by Gasteiger charge is -2.13. The van der Waals surface area contributed by atoms with Gasteiger partial charge in [-0.1, -0.05) is 18.2 Å². The summed E-state index contributed by atoms with van der Waals surface area (Å²) in [6, 6.07) is 14.2. The van der Waals surface area contributed by atoms with E-state index in [9.17, 15) is 26.4 Å². The van der Waals surface area contributed by atoms with E-state index in [0.717, 1.165) is 18.3 Å². The van der Waals surface area contributed by atoms with Crippen molar-refractivity contribution in [1.29, 1.82) is 0 Å². The highest BCUT2D eigenvalue weighted by molar-refractivity contribution is 7.87. The largest absolute Gasteiger partial charge is 0.497 e. The molecule has 3 rings (SSSR count). The average Bonchev–Trinajstić information content (AvgIpc) is 2.84. The number of nitrogens with zero attached hydrogens (tertiary/aromatic N) is 1. The summed E-state index contributed by atoms with van der Waals surface area (Å²) in [5.41, 5.74) is 2.15. The monoisotopic (exact) mass is 522 g/mol. The molecule has 190 valence electrons. The van der Waals surface area contributed by atoms with Crippen LogP contribution in [0, 0.1) is 0 Å². The van der Waals surface area contributed by atoms with Gasteiger partial charge >= 0.3 is 16.3 Å². The fourth-order valence-corrected chi connectivity index (χ4v) is 4.00. The second-order valence-corrected chi connectivity index (χ2v) is 8.81. The lowest BCUT2D eigenvalue weighted by molar-refractivity contribution is -0.137. The van der Waals surface area contributed by atoms with Crippen LogP contribution >= 0.6 is 0 Å². The Bertz CT molecular complexity index is 1360. The third-order valence-electron chi connectivity index (χ3n) is 4.78. The van der Waals surface area contributed by atoms with E-state index in [-0.39, 0.29) is 23.5 Å². The Labute approximate surface area is 205 Å². The number of hydrogen-bond donors (Lipinski definition) is 1. The molecule has 0 unspecified atom stereocenters. The Morgan fingerprint density at radius 2 is 1.69 bits per heavy atom. The fourth-order valence-electron chi connectivity index (χ4n) is 3.03. The van der Waals surface area contributed by atoms with Crippen LogP contribution in [-0.4, -0.2) is 34.8 Å². The van der Waals surface area contributed by atoms with Gasteiger partial charge in [-0.05, 0) is 54.1 Å². The number of ether oxygens (including phenoxy) is 2. The molecule has 0 saturated carbocycles. The van der Waals surface area contributed by atoms with Crippen molar-refractivity contribution in [2.45, 2.75) is 17.5 Å². The van der Waals surface area contributed by atoms with Gasteiger partial charge in [0.05, 0.1) is 32.4 Å². The van der Waals surface area contributed by atoms with Gasteiger partial charge in [0.1, 0.15) is 10.6 Å². The Morgan fingerprint density at radius 3 is 2.33 bits per heavy atom. The summed E-state index contributed by atoms with van der Waals surface area (Å²) < 4.78 is 79.3.